The van der Waals surface area contributed by atoms with Gasteiger partial charge in [-0.1, -0.05) is 24.3 Å². The Morgan fingerprint density at radius 2 is 1.55 bits per heavy atom. The van der Waals surface area contributed by atoms with Crippen molar-refractivity contribution in [2.45, 2.75) is 57.4 Å². The standard InChI is InChI=1S/C26H31N3O2/c1-25(2,21-5-3-17(4-6-21)18-7-9-28-10-8-18)24(31)29-22-19-11-16-12-20(22)15-26(13-16,14-19)23(27)30/h3-10,16,19-20,22H,11-15H2,1-2H3,(H2,27,30)(H,29,31)/t16?,19-,20+,22?,26?. The van der Waals surface area contributed by atoms with Crippen LogP contribution in [-0.4, -0.2) is 22.8 Å². The summed E-state index contributed by atoms with van der Waals surface area (Å²) in [5, 5.41) is 3.40. The first kappa shape index (κ1) is 20.2. The molecular weight excluding hydrogens is 386 g/mol. The molecule has 0 radical (unpaired) electrons. The Hall–Kier alpha value is -2.69. The van der Waals surface area contributed by atoms with Crippen LogP contribution < -0.4 is 11.1 Å². The highest BCUT2D eigenvalue weighted by molar-refractivity contribution is 5.88. The summed E-state index contributed by atoms with van der Waals surface area (Å²) in [6.45, 7) is 3.98. The number of nitrogens with zero attached hydrogens (tertiary/aromatic N) is 1. The first-order chi connectivity index (χ1) is 14.8. The van der Waals surface area contributed by atoms with Gasteiger partial charge in [-0.2, -0.15) is 0 Å². The van der Waals surface area contributed by atoms with Crippen LogP contribution in [0.5, 0.6) is 0 Å². The molecule has 3 N–H and O–H groups in total. The molecule has 3 unspecified atom stereocenters. The van der Waals surface area contributed by atoms with Gasteiger partial charge in [0.15, 0.2) is 0 Å². The number of pyridine rings is 1. The zero-order chi connectivity index (χ0) is 21.8. The number of amides is 2. The van der Waals surface area contributed by atoms with Crippen LogP contribution in [0.25, 0.3) is 11.1 Å². The van der Waals surface area contributed by atoms with E-state index in [0.29, 0.717) is 17.8 Å². The van der Waals surface area contributed by atoms with Crippen LogP contribution in [0, 0.1) is 23.2 Å². The van der Waals surface area contributed by atoms with Crippen molar-refractivity contribution in [1.29, 1.82) is 0 Å². The molecule has 5 heteroatoms. The zero-order valence-corrected chi connectivity index (χ0v) is 18.3. The summed E-state index contributed by atoms with van der Waals surface area (Å²) in [5.41, 5.74) is 8.08. The highest BCUT2D eigenvalue weighted by Gasteiger charge is 2.58. The molecule has 5 atom stereocenters. The van der Waals surface area contributed by atoms with E-state index in [0.717, 1.165) is 48.8 Å². The summed E-state index contributed by atoms with van der Waals surface area (Å²) in [5.74, 6) is 1.26. The van der Waals surface area contributed by atoms with E-state index in [1.807, 2.05) is 38.1 Å². The molecule has 2 amide bonds. The van der Waals surface area contributed by atoms with Gasteiger partial charge in [0.1, 0.15) is 0 Å². The summed E-state index contributed by atoms with van der Waals surface area (Å²) in [6, 6.07) is 12.4. The van der Waals surface area contributed by atoms with Crippen molar-refractivity contribution >= 4 is 11.8 Å². The summed E-state index contributed by atoms with van der Waals surface area (Å²) in [7, 11) is 0. The summed E-state index contributed by atoms with van der Waals surface area (Å²) in [4.78, 5) is 29.7. The number of benzene rings is 1. The molecule has 4 saturated carbocycles. The third kappa shape index (κ3) is 3.35. The third-order valence-corrected chi connectivity index (χ3v) is 8.28. The van der Waals surface area contributed by atoms with Crippen molar-refractivity contribution in [2.24, 2.45) is 28.9 Å². The van der Waals surface area contributed by atoms with Gasteiger partial charge in [0.2, 0.25) is 11.8 Å². The van der Waals surface area contributed by atoms with Gasteiger partial charge in [0.25, 0.3) is 0 Å². The van der Waals surface area contributed by atoms with E-state index in [9.17, 15) is 9.59 Å². The van der Waals surface area contributed by atoms with E-state index in [1.54, 1.807) is 12.4 Å². The lowest BCUT2D eigenvalue weighted by molar-refractivity contribution is -0.148. The molecule has 4 bridgehead atoms. The van der Waals surface area contributed by atoms with Gasteiger partial charge in [-0.15, -0.1) is 0 Å². The maximum absolute atomic E-state index is 13.4. The van der Waals surface area contributed by atoms with E-state index in [1.165, 1.54) is 0 Å². The number of primary amides is 1. The Balaban J connectivity index is 1.32. The number of nitrogens with one attached hydrogen (secondary N) is 1. The summed E-state index contributed by atoms with van der Waals surface area (Å²) >= 11 is 0. The van der Waals surface area contributed by atoms with Crippen LogP contribution in [0.2, 0.25) is 0 Å². The smallest absolute Gasteiger partial charge is 0.230 e. The van der Waals surface area contributed by atoms with Crippen molar-refractivity contribution in [3.05, 3.63) is 54.4 Å². The van der Waals surface area contributed by atoms with Gasteiger partial charge in [0.05, 0.1) is 5.41 Å². The van der Waals surface area contributed by atoms with Crippen molar-refractivity contribution < 1.29 is 9.59 Å². The summed E-state index contributed by atoms with van der Waals surface area (Å²) in [6.07, 6.45) is 8.41. The van der Waals surface area contributed by atoms with Crippen LogP contribution in [0.3, 0.4) is 0 Å². The van der Waals surface area contributed by atoms with Crippen molar-refractivity contribution in [3.63, 3.8) is 0 Å². The lowest BCUT2D eigenvalue weighted by Gasteiger charge is -2.59. The van der Waals surface area contributed by atoms with Gasteiger partial charge in [0, 0.05) is 23.9 Å². The van der Waals surface area contributed by atoms with E-state index in [4.69, 9.17) is 5.73 Å². The first-order valence-electron chi connectivity index (χ1n) is 11.4. The van der Waals surface area contributed by atoms with Crippen LogP contribution >= 0.6 is 0 Å². The van der Waals surface area contributed by atoms with Crippen LogP contribution in [-0.2, 0) is 15.0 Å². The topological polar surface area (TPSA) is 85.1 Å². The number of carbonyl (C=O) groups is 2. The van der Waals surface area contributed by atoms with Crippen molar-refractivity contribution in [2.75, 3.05) is 0 Å². The van der Waals surface area contributed by atoms with Gasteiger partial charge >= 0.3 is 0 Å². The third-order valence-electron chi connectivity index (χ3n) is 8.28. The molecule has 5 nitrogen and oxygen atoms in total. The predicted molar refractivity (Wildman–Crippen MR) is 120 cm³/mol. The molecule has 31 heavy (non-hydrogen) atoms. The molecule has 4 aliphatic carbocycles. The van der Waals surface area contributed by atoms with Gasteiger partial charge in [-0.25, -0.2) is 0 Å². The Bertz CT molecular complexity index is 983. The minimum atomic E-state index is -0.632. The lowest BCUT2D eigenvalue weighted by Crippen LogP contribution is -2.63. The molecule has 1 heterocycles. The maximum atomic E-state index is 13.4. The molecule has 4 aliphatic rings. The molecule has 1 aromatic heterocycles. The normalized spacial score (nSPS) is 31.4. The molecule has 0 aliphatic heterocycles. The highest BCUT2D eigenvalue weighted by atomic mass is 16.2. The molecule has 1 aromatic carbocycles. The molecule has 2 aromatic rings. The van der Waals surface area contributed by atoms with E-state index in [2.05, 4.69) is 22.4 Å². The summed E-state index contributed by atoms with van der Waals surface area (Å²) < 4.78 is 0. The Kier molecular flexibility index (Phi) is 4.68. The Morgan fingerprint density at radius 1 is 0.968 bits per heavy atom. The number of rotatable bonds is 5. The van der Waals surface area contributed by atoms with Gasteiger partial charge in [-0.3, -0.25) is 14.6 Å². The molecule has 4 fully saturated rings. The second kappa shape index (κ2) is 7.18. The first-order valence-corrected chi connectivity index (χ1v) is 11.4. The quantitative estimate of drug-likeness (QED) is 0.775. The highest BCUT2D eigenvalue weighted by Crippen LogP contribution is 2.60. The minimum Gasteiger partial charge on any atom is -0.369 e. The lowest BCUT2D eigenvalue weighted by atomic mass is 9.47. The fourth-order valence-electron chi connectivity index (χ4n) is 6.65. The maximum Gasteiger partial charge on any atom is 0.230 e. The molecule has 0 saturated heterocycles. The van der Waals surface area contributed by atoms with Crippen LogP contribution in [0.15, 0.2) is 48.8 Å². The van der Waals surface area contributed by atoms with E-state index in [-0.39, 0.29) is 23.3 Å². The largest absolute Gasteiger partial charge is 0.369 e. The monoisotopic (exact) mass is 417 g/mol. The second-order valence-electron chi connectivity index (χ2n) is 10.6. The van der Waals surface area contributed by atoms with Gasteiger partial charge in [-0.05, 0) is 92.5 Å². The van der Waals surface area contributed by atoms with Crippen LogP contribution in [0.4, 0.5) is 0 Å². The fraction of sp³-hybridized carbons (Fsp3) is 0.500. The molecule has 6 rings (SSSR count). The number of nitrogens with two attached hydrogens (primary N) is 1. The van der Waals surface area contributed by atoms with E-state index < -0.39 is 5.41 Å². The zero-order valence-electron chi connectivity index (χ0n) is 18.3. The number of carbonyl (C=O) groups excluding carboxylic acids is 2. The average molecular weight is 418 g/mol. The van der Waals surface area contributed by atoms with Crippen molar-refractivity contribution in [3.8, 4) is 11.1 Å². The molecule has 0 spiro atoms. The molecular formula is C26H31N3O2. The number of hydrogen-bond donors (Lipinski definition) is 2. The fourth-order valence-corrected chi connectivity index (χ4v) is 6.65. The molecule has 162 valence electrons. The Morgan fingerprint density at radius 3 is 2.13 bits per heavy atom. The minimum absolute atomic E-state index is 0.0646. The van der Waals surface area contributed by atoms with Gasteiger partial charge < -0.3 is 11.1 Å². The SMILES string of the molecule is CC(C)(C(=O)NC1[C@@H]2CC3C[C@H]1CC(C(N)=O)(C3)C2)c1ccc(-c2ccncc2)cc1. The van der Waals surface area contributed by atoms with Crippen molar-refractivity contribution in [1.82, 2.24) is 10.3 Å². The predicted octanol–water partition coefficient (Wildman–Crippen LogP) is 3.82. The number of hydrogen-bond acceptors (Lipinski definition) is 3. The Labute approximate surface area is 183 Å². The second-order valence-corrected chi connectivity index (χ2v) is 10.6. The van der Waals surface area contributed by atoms with E-state index >= 15 is 0 Å². The number of aromatic nitrogens is 1. The average Bonchev–Trinajstić information content (AvgIpc) is 2.76. The van der Waals surface area contributed by atoms with Crippen LogP contribution in [0.1, 0.15) is 51.5 Å².